The van der Waals surface area contributed by atoms with Gasteiger partial charge in [-0.15, -0.1) is 0 Å². The maximum atomic E-state index is 12.3. The van der Waals surface area contributed by atoms with E-state index in [2.05, 4.69) is 4.90 Å². The molecule has 2 rings (SSSR count). The second kappa shape index (κ2) is 7.49. The van der Waals surface area contributed by atoms with Gasteiger partial charge in [-0.25, -0.2) is 4.79 Å². The normalized spacial score (nSPS) is 18.5. The van der Waals surface area contributed by atoms with Crippen LogP contribution in [0, 0.1) is 0 Å². The number of rotatable bonds is 3. The molecule has 0 aromatic heterocycles. The number of hydrogen-bond acceptors (Lipinski definition) is 5. The Labute approximate surface area is 147 Å². The fourth-order valence-electron chi connectivity index (χ4n) is 2.65. The molecular weight excluding hydrogens is 332 g/mol. The van der Waals surface area contributed by atoms with Crippen molar-refractivity contribution in [2.45, 2.75) is 32.4 Å². The fraction of sp³-hybridized carbons (Fsp3) is 0.588. The molecular formula is C17H25ClN2O4. The van der Waals surface area contributed by atoms with Gasteiger partial charge in [0.15, 0.2) is 0 Å². The van der Waals surface area contributed by atoms with Crippen LogP contribution in [0.3, 0.4) is 0 Å². The van der Waals surface area contributed by atoms with E-state index in [0.29, 0.717) is 30.4 Å². The summed E-state index contributed by atoms with van der Waals surface area (Å²) in [6, 6.07) is 5.22. The van der Waals surface area contributed by atoms with Crippen molar-refractivity contribution in [3.8, 4) is 5.75 Å². The van der Waals surface area contributed by atoms with Crippen LogP contribution in [0.15, 0.2) is 18.2 Å². The van der Waals surface area contributed by atoms with E-state index in [4.69, 9.17) is 21.1 Å². The molecule has 1 N–H and O–H groups in total. The molecule has 0 saturated carbocycles. The van der Waals surface area contributed by atoms with Crippen LogP contribution in [0.1, 0.15) is 20.8 Å². The lowest BCUT2D eigenvalue weighted by Crippen LogP contribution is -2.57. The molecule has 1 heterocycles. The summed E-state index contributed by atoms with van der Waals surface area (Å²) in [5, 5.41) is 10.2. The third kappa shape index (κ3) is 4.45. The number of hydrogen-bond donors (Lipinski definition) is 1. The molecule has 7 heteroatoms. The topological polar surface area (TPSA) is 62.2 Å². The molecule has 1 aliphatic heterocycles. The molecule has 1 aliphatic rings. The number of aliphatic hydroxyl groups is 1. The van der Waals surface area contributed by atoms with Crippen LogP contribution in [-0.2, 0) is 4.74 Å². The average molecular weight is 357 g/mol. The Hall–Kier alpha value is -1.66. The van der Waals surface area contributed by atoms with Crippen molar-refractivity contribution in [2.24, 2.45) is 0 Å². The summed E-state index contributed by atoms with van der Waals surface area (Å²) in [5.41, 5.74) is 0.385. The number of nitrogens with zero attached hydrogens (tertiary/aromatic N) is 2. The SMILES string of the molecule is COc1cc(N2CCN(C(=O)OC(C)(C)C)C(CO)C2)ccc1Cl. The number of carbonyl (C=O) groups is 1. The summed E-state index contributed by atoms with van der Waals surface area (Å²) in [5.74, 6) is 0.601. The van der Waals surface area contributed by atoms with Crippen molar-refractivity contribution in [3.05, 3.63) is 23.2 Å². The molecule has 24 heavy (non-hydrogen) atoms. The second-order valence-electron chi connectivity index (χ2n) is 6.77. The standard InChI is InChI=1S/C17H25ClN2O4/c1-17(2,3)24-16(22)20-8-7-19(10-13(20)11-21)12-5-6-14(18)15(9-12)23-4/h5-6,9,13,21H,7-8,10-11H2,1-4H3. The predicted molar refractivity (Wildman–Crippen MR) is 94.0 cm³/mol. The Balaban J connectivity index is 2.11. The molecule has 1 fully saturated rings. The first-order valence-corrected chi connectivity index (χ1v) is 8.32. The highest BCUT2D eigenvalue weighted by Gasteiger charge is 2.33. The number of anilines is 1. The van der Waals surface area contributed by atoms with Gasteiger partial charge in [0.25, 0.3) is 0 Å². The van der Waals surface area contributed by atoms with E-state index < -0.39 is 11.7 Å². The minimum atomic E-state index is -0.558. The zero-order chi connectivity index (χ0) is 17.9. The van der Waals surface area contributed by atoms with Crippen LogP contribution < -0.4 is 9.64 Å². The number of ether oxygens (including phenoxy) is 2. The molecule has 1 aromatic carbocycles. The quantitative estimate of drug-likeness (QED) is 0.902. The van der Waals surface area contributed by atoms with E-state index in [1.807, 2.05) is 32.9 Å². The summed E-state index contributed by atoms with van der Waals surface area (Å²) >= 11 is 6.06. The van der Waals surface area contributed by atoms with E-state index in [1.54, 1.807) is 18.1 Å². The molecule has 1 saturated heterocycles. The first-order valence-electron chi connectivity index (χ1n) is 7.94. The molecule has 1 unspecified atom stereocenters. The van der Waals surface area contributed by atoms with Gasteiger partial charge in [0, 0.05) is 31.4 Å². The molecule has 1 aromatic rings. The maximum Gasteiger partial charge on any atom is 0.410 e. The minimum absolute atomic E-state index is 0.125. The molecule has 6 nitrogen and oxygen atoms in total. The van der Waals surface area contributed by atoms with Crippen LogP contribution >= 0.6 is 11.6 Å². The molecule has 0 spiro atoms. The second-order valence-corrected chi connectivity index (χ2v) is 7.18. The number of amides is 1. The number of methoxy groups -OCH3 is 1. The van der Waals surface area contributed by atoms with Crippen LogP contribution in [-0.4, -0.2) is 61.1 Å². The Kier molecular flexibility index (Phi) is 5.83. The molecule has 1 amide bonds. The van der Waals surface area contributed by atoms with E-state index in [-0.39, 0.29) is 12.6 Å². The first-order chi connectivity index (χ1) is 11.2. The monoisotopic (exact) mass is 356 g/mol. The average Bonchev–Trinajstić information content (AvgIpc) is 2.53. The number of piperazine rings is 1. The predicted octanol–water partition coefficient (Wildman–Crippen LogP) is 2.77. The van der Waals surface area contributed by atoms with Gasteiger partial charge in [-0.1, -0.05) is 11.6 Å². The Bertz CT molecular complexity index is 588. The zero-order valence-electron chi connectivity index (χ0n) is 14.6. The molecule has 0 bridgehead atoms. The number of halogens is 1. The lowest BCUT2D eigenvalue weighted by atomic mass is 10.1. The van der Waals surface area contributed by atoms with Crippen molar-refractivity contribution in [1.29, 1.82) is 0 Å². The van der Waals surface area contributed by atoms with E-state index in [1.165, 1.54) is 0 Å². The highest BCUT2D eigenvalue weighted by Crippen LogP contribution is 2.30. The smallest absolute Gasteiger partial charge is 0.410 e. The number of carbonyl (C=O) groups excluding carboxylic acids is 1. The summed E-state index contributed by atoms with van der Waals surface area (Å²) < 4.78 is 10.7. The van der Waals surface area contributed by atoms with Gasteiger partial charge in [-0.05, 0) is 32.9 Å². The van der Waals surface area contributed by atoms with Crippen LogP contribution in [0.4, 0.5) is 10.5 Å². The van der Waals surface area contributed by atoms with E-state index >= 15 is 0 Å². The summed E-state index contributed by atoms with van der Waals surface area (Å²) in [6.45, 7) is 6.99. The maximum absolute atomic E-state index is 12.3. The first kappa shape index (κ1) is 18.7. The van der Waals surface area contributed by atoms with Crippen molar-refractivity contribution < 1.29 is 19.4 Å². The highest BCUT2D eigenvalue weighted by atomic mass is 35.5. The summed E-state index contributed by atoms with van der Waals surface area (Å²) in [6.07, 6.45) is -0.394. The van der Waals surface area contributed by atoms with Crippen LogP contribution in [0.5, 0.6) is 5.75 Å². The number of benzene rings is 1. The van der Waals surface area contributed by atoms with Gasteiger partial charge in [0.1, 0.15) is 11.4 Å². The molecule has 0 aliphatic carbocycles. The van der Waals surface area contributed by atoms with Crippen molar-refractivity contribution >= 4 is 23.4 Å². The lowest BCUT2D eigenvalue weighted by molar-refractivity contribution is 0.00704. The van der Waals surface area contributed by atoms with Gasteiger partial charge >= 0.3 is 6.09 Å². The third-order valence-corrected chi connectivity index (χ3v) is 4.13. The van der Waals surface area contributed by atoms with Gasteiger partial charge in [-0.2, -0.15) is 0 Å². The third-order valence-electron chi connectivity index (χ3n) is 3.82. The van der Waals surface area contributed by atoms with Gasteiger partial charge in [0.2, 0.25) is 0 Å². The lowest BCUT2D eigenvalue weighted by Gasteiger charge is -2.42. The largest absolute Gasteiger partial charge is 0.495 e. The highest BCUT2D eigenvalue weighted by molar-refractivity contribution is 6.32. The van der Waals surface area contributed by atoms with E-state index in [0.717, 1.165) is 5.69 Å². The van der Waals surface area contributed by atoms with Gasteiger partial charge in [-0.3, -0.25) is 4.90 Å². The van der Waals surface area contributed by atoms with Crippen LogP contribution in [0.2, 0.25) is 5.02 Å². The molecule has 1 atom stereocenters. The van der Waals surface area contributed by atoms with Crippen molar-refractivity contribution in [1.82, 2.24) is 4.90 Å². The van der Waals surface area contributed by atoms with Crippen molar-refractivity contribution in [2.75, 3.05) is 38.3 Å². The van der Waals surface area contributed by atoms with Gasteiger partial charge in [0.05, 0.1) is 24.8 Å². The number of aliphatic hydroxyl groups excluding tert-OH is 1. The van der Waals surface area contributed by atoms with E-state index in [9.17, 15) is 9.90 Å². The van der Waals surface area contributed by atoms with Crippen molar-refractivity contribution in [3.63, 3.8) is 0 Å². The summed E-state index contributed by atoms with van der Waals surface area (Å²) in [4.78, 5) is 16.0. The Morgan fingerprint density at radius 1 is 1.38 bits per heavy atom. The Morgan fingerprint density at radius 2 is 2.08 bits per heavy atom. The molecule has 134 valence electrons. The Morgan fingerprint density at radius 3 is 2.67 bits per heavy atom. The van der Waals surface area contributed by atoms with Gasteiger partial charge < -0.3 is 19.5 Å². The van der Waals surface area contributed by atoms with Crippen LogP contribution in [0.25, 0.3) is 0 Å². The minimum Gasteiger partial charge on any atom is -0.495 e. The fourth-order valence-corrected chi connectivity index (χ4v) is 2.85. The molecule has 0 radical (unpaired) electrons. The zero-order valence-corrected chi connectivity index (χ0v) is 15.3. The summed E-state index contributed by atoms with van der Waals surface area (Å²) in [7, 11) is 1.57.